The van der Waals surface area contributed by atoms with Gasteiger partial charge < -0.3 is 19.4 Å². The molecule has 2 rings (SSSR count). The summed E-state index contributed by atoms with van der Waals surface area (Å²) in [7, 11) is 0. The third-order valence-corrected chi connectivity index (χ3v) is 4.48. The zero-order valence-electron chi connectivity index (χ0n) is 12.9. The molecule has 7 nitrogen and oxygen atoms in total. The monoisotopic (exact) mass is 462 g/mol. The molecule has 128 valence electrons. The van der Waals surface area contributed by atoms with Gasteiger partial charge in [0.1, 0.15) is 4.91 Å². The van der Waals surface area contributed by atoms with E-state index in [1.807, 2.05) is 29.5 Å². The maximum absolute atomic E-state index is 11.5. The van der Waals surface area contributed by atoms with Crippen LogP contribution in [0.4, 0.5) is 0 Å². The maximum Gasteiger partial charge on any atom is 0.342 e. The van der Waals surface area contributed by atoms with Crippen LogP contribution in [0.5, 0.6) is 11.5 Å². The van der Waals surface area contributed by atoms with Crippen LogP contribution in [0.2, 0.25) is 0 Å². The highest BCUT2D eigenvalue weighted by molar-refractivity contribution is 14.1. The minimum atomic E-state index is -1.11. The van der Waals surface area contributed by atoms with Crippen LogP contribution in [0.25, 0.3) is 6.08 Å². The molecule has 0 aliphatic carbocycles. The number of nitrogens with zero attached hydrogens (tertiary/aromatic N) is 2. The van der Waals surface area contributed by atoms with E-state index in [9.17, 15) is 15.0 Å². The highest BCUT2D eigenvalue weighted by atomic mass is 127. The number of benzene rings is 1. The van der Waals surface area contributed by atoms with Crippen molar-refractivity contribution >= 4 is 46.4 Å². The first-order valence-electron chi connectivity index (χ1n) is 7.05. The van der Waals surface area contributed by atoms with Crippen molar-refractivity contribution in [1.29, 1.82) is 0 Å². The number of carbonyl (C=O) groups is 1. The molecule has 1 aromatic heterocycles. The molecule has 0 bridgehead atoms. The van der Waals surface area contributed by atoms with Crippen molar-refractivity contribution in [2.24, 2.45) is 0 Å². The fourth-order valence-corrected chi connectivity index (χ4v) is 3.06. The van der Waals surface area contributed by atoms with Crippen LogP contribution in [0.1, 0.15) is 25.3 Å². The van der Waals surface area contributed by atoms with E-state index in [4.69, 9.17) is 9.15 Å². The Morgan fingerprint density at radius 2 is 2.17 bits per heavy atom. The molecule has 0 atom stereocenters. The minimum Gasteiger partial charge on any atom is -0.504 e. The number of aryl methyl sites for hydroxylation is 1. The van der Waals surface area contributed by atoms with Gasteiger partial charge in [-0.25, -0.2) is 4.79 Å². The number of aliphatic carboxylic acids is 1. The van der Waals surface area contributed by atoms with E-state index in [0.717, 1.165) is 11.8 Å². The second-order valence-electron chi connectivity index (χ2n) is 4.51. The fourth-order valence-electron chi connectivity index (χ4n) is 1.75. The first-order valence-corrected chi connectivity index (χ1v) is 8.94. The van der Waals surface area contributed by atoms with E-state index in [0.29, 0.717) is 33.8 Å². The van der Waals surface area contributed by atoms with Gasteiger partial charge in [0.25, 0.3) is 5.22 Å². The van der Waals surface area contributed by atoms with Gasteiger partial charge in [0.05, 0.1) is 10.2 Å². The van der Waals surface area contributed by atoms with Crippen molar-refractivity contribution < 1.29 is 24.2 Å². The maximum atomic E-state index is 11.5. The Labute approximate surface area is 156 Å². The topological polar surface area (TPSA) is 106 Å². The van der Waals surface area contributed by atoms with Gasteiger partial charge >= 0.3 is 5.97 Å². The summed E-state index contributed by atoms with van der Waals surface area (Å²) in [5.74, 6) is -0.336. The van der Waals surface area contributed by atoms with E-state index < -0.39 is 5.97 Å². The average molecular weight is 462 g/mol. The SMILES string of the molecule is CCOc1cc(/C=C(\Sc2nnc(CC)o2)C(=O)O)cc(I)c1O. The Hall–Kier alpha value is -1.75. The third kappa shape index (κ3) is 4.63. The van der Waals surface area contributed by atoms with Gasteiger partial charge in [0, 0.05) is 6.42 Å². The first-order chi connectivity index (χ1) is 11.4. The number of aromatic hydroxyl groups is 1. The van der Waals surface area contributed by atoms with Crippen molar-refractivity contribution in [3.8, 4) is 11.5 Å². The quantitative estimate of drug-likeness (QED) is 0.366. The molecular formula is C15H15IN2O5S. The van der Waals surface area contributed by atoms with E-state index in [1.165, 1.54) is 6.08 Å². The number of hydrogen-bond donors (Lipinski definition) is 2. The normalized spacial score (nSPS) is 11.5. The van der Waals surface area contributed by atoms with Gasteiger partial charge in [0.2, 0.25) is 5.89 Å². The lowest BCUT2D eigenvalue weighted by molar-refractivity contribution is -0.131. The Bertz CT molecular complexity index is 775. The van der Waals surface area contributed by atoms with Crippen molar-refractivity contribution in [3.05, 3.63) is 32.1 Å². The Balaban J connectivity index is 2.35. The van der Waals surface area contributed by atoms with Crippen molar-refractivity contribution in [3.63, 3.8) is 0 Å². The lowest BCUT2D eigenvalue weighted by Crippen LogP contribution is -1.98. The number of thioether (sulfide) groups is 1. The summed E-state index contributed by atoms with van der Waals surface area (Å²) < 4.78 is 11.2. The third-order valence-electron chi connectivity index (χ3n) is 2.81. The Morgan fingerprint density at radius 1 is 1.42 bits per heavy atom. The predicted octanol–water partition coefficient (Wildman–Crippen LogP) is 3.56. The summed E-state index contributed by atoms with van der Waals surface area (Å²) in [5, 5.41) is 27.1. The first kappa shape index (κ1) is 18.6. The molecule has 0 saturated heterocycles. The summed E-state index contributed by atoms with van der Waals surface area (Å²) in [6, 6.07) is 3.24. The van der Waals surface area contributed by atoms with Crippen molar-refractivity contribution in [2.45, 2.75) is 25.5 Å². The van der Waals surface area contributed by atoms with Gasteiger partial charge in [-0.1, -0.05) is 6.92 Å². The zero-order chi connectivity index (χ0) is 17.7. The summed E-state index contributed by atoms with van der Waals surface area (Å²) >= 11 is 2.83. The van der Waals surface area contributed by atoms with Crippen LogP contribution in [-0.2, 0) is 11.2 Å². The van der Waals surface area contributed by atoms with Gasteiger partial charge in [-0.15, -0.1) is 10.2 Å². The number of rotatable bonds is 7. The number of phenolic OH excluding ortho intramolecular Hbond substituents is 1. The molecule has 1 heterocycles. The highest BCUT2D eigenvalue weighted by Gasteiger charge is 2.16. The van der Waals surface area contributed by atoms with Crippen LogP contribution in [0.15, 0.2) is 26.7 Å². The molecule has 0 saturated carbocycles. The standard InChI is InChI=1S/C15H15IN2O5S/c1-3-12-17-18-15(23-12)24-11(14(20)21)7-8-5-9(16)13(19)10(6-8)22-4-2/h5-7,19H,3-4H2,1-2H3,(H,20,21)/b11-7-. The van der Waals surface area contributed by atoms with E-state index in [-0.39, 0.29) is 15.9 Å². The average Bonchev–Trinajstić information content (AvgIpc) is 2.99. The van der Waals surface area contributed by atoms with Gasteiger partial charge in [-0.2, -0.15) is 0 Å². The number of hydrogen-bond acceptors (Lipinski definition) is 7. The molecule has 0 aliphatic rings. The fraction of sp³-hybridized carbons (Fsp3) is 0.267. The molecule has 2 N–H and O–H groups in total. The molecule has 24 heavy (non-hydrogen) atoms. The molecule has 9 heteroatoms. The van der Waals surface area contributed by atoms with Gasteiger partial charge in [-0.3, -0.25) is 0 Å². The predicted molar refractivity (Wildman–Crippen MR) is 97.1 cm³/mol. The summed E-state index contributed by atoms with van der Waals surface area (Å²) in [5.41, 5.74) is 0.584. The number of aromatic nitrogens is 2. The van der Waals surface area contributed by atoms with E-state index in [2.05, 4.69) is 10.2 Å². The van der Waals surface area contributed by atoms with Gasteiger partial charge in [-0.05, 0) is 65.0 Å². The lowest BCUT2D eigenvalue weighted by atomic mass is 10.2. The summed E-state index contributed by atoms with van der Waals surface area (Å²) in [4.78, 5) is 11.5. The highest BCUT2D eigenvalue weighted by Crippen LogP contribution is 2.35. The molecule has 1 aromatic carbocycles. The molecule has 0 unspecified atom stereocenters. The molecular weight excluding hydrogens is 447 g/mol. The zero-order valence-corrected chi connectivity index (χ0v) is 15.9. The molecule has 0 aliphatic heterocycles. The molecule has 2 aromatic rings. The van der Waals surface area contributed by atoms with Gasteiger partial charge in [0.15, 0.2) is 11.5 Å². The molecule has 0 amide bonds. The van der Waals surface area contributed by atoms with Crippen LogP contribution in [-0.4, -0.2) is 33.0 Å². The van der Waals surface area contributed by atoms with Crippen LogP contribution in [0.3, 0.4) is 0 Å². The van der Waals surface area contributed by atoms with Crippen molar-refractivity contribution in [1.82, 2.24) is 10.2 Å². The largest absolute Gasteiger partial charge is 0.504 e. The van der Waals surface area contributed by atoms with Crippen molar-refractivity contribution in [2.75, 3.05) is 6.61 Å². The van der Waals surface area contributed by atoms with E-state index >= 15 is 0 Å². The second-order valence-corrected chi connectivity index (χ2v) is 6.67. The Morgan fingerprint density at radius 3 is 2.75 bits per heavy atom. The van der Waals surface area contributed by atoms with E-state index in [1.54, 1.807) is 19.1 Å². The molecule has 0 spiro atoms. The number of carboxylic acids is 1. The molecule has 0 radical (unpaired) electrons. The second kappa shape index (κ2) is 8.38. The summed E-state index contributed by atoms with van der Waals surface area (Å²) in [6.07, 6.45) is 2.04. The number of carboxylic acid groups (broad SMARTS) is 1. The van der Waals surface area contributed by atoms with Crippen LogP contribution >= 0.6 is 34.4 Å². The number of ether oxygens (including phenoxy) is 1. The number of halogens is 1. The minimum absolute atomic E-state index is 0.0187. The number of phenols is 1. The smallest absolute Gasteiger partial charge is 0.342 e. The Kier molecular flexibility index (Phi) is 6.49. The van der Waals surface area contributed by atoms with Crippen LogP contribution < -0.4 is 4.74 Å². The summed E-state index contributed by atoms with van der Waals surface area (Å²) in [6.45, 7) is 4.05. The van der Waals surface area contributed by atoms with Crippen LogP contribution in [0, 0.1) is 3.57 Å². The lowest BCUT2D eigenvalue weighted by Gasteiger charge is -2.09. The molecule has 0 fully saturated rings.